The first-order valence-corrected chi connectivity index (χ1v) is 5.17. The Labute approximate surface area is 84.6 Å². The van der Waals surface area contributed by atoms with Gasteiger partial charge in [-0.2, -0.15) is 0 Å². The normalized spacial score (nSPS) is 28.6. The van der Waals surface area contributed by atoms with E-state index in [1.54, 1.807) is 0 Å². The average molecular weight is 202 g/mol. The number of unbranched alkanes of at least 4 members (excludes halogenated alkanes) is 1. The highest BCUT2D eigenvalue weighted by Crippen LogP contribution is 1.97. The highest BCUT2D eigenvalue weighted by atomic mass is 32.1. The van der Waals surface area contributed by atoms with Gasteiger partial charge in [0, 0.05) is 6.42 Å². The SMILES string of the molecule is CCCCNC1CC(=S)NC(N)N1. The van der Waals surface area contributed by atoms with Crippen molar-refractivity contribution >= 4 is 17.2 Å². The fourth-order valence-electron chi connectivity index (χ4n) is 1.32. The molecule has 0 aromatic heterocycles. The quantitative estimate of drug-likeness (QED) is 0.377. The molecule has 1 rings (SSSR count). The summed E-state index contributed by atoms with van der Waals surface area (Å²) in [6.45, 7) is 3.19. The Morgan fingerprint density at radius 3 is 3.08 bits per heavy atom. The minimum atomic E-state index is -0.208. The zero-order valence-corrected chi connectivity index (χ0v) is 8.79. The van der Waals surface area contributed by atoms with Crippen LogP contribution in [-0.4, -0.2) is 24.0 Å². The molecule has 0 radical (unpaired) electrons. The molecule has 1 heterocycles. The smallest absolute Gasteiger partial charge is 0.131 e. The van der Waals surface area contributed by atoms with Gasteiger partial charge in [-0.05, 0) is 13.0 Å². The number of thiocarbonyl (C=S) groups is 1. The van der Waals surface area contributed by atoms with Crippen molar-refractivity contribution in [3.05, 3.63) is 0 Å². The largest absolute Gasteiger partial charge is 0.352 e. The van der Waals surface area contributed by atoms with Crippen LogP contribution in [0.4, 0.5) is 0 Å². The third kappa shape index (κ3) is 3.99. The number of nitrogens with one attached hydrogen (secondary N) is 3. The van der Waals surface area contributed by atoms with Crippen LogP contribution in [0.15, 0.2) is 0 Å². The molecule has 13 heavy (non-hydrogen) atoms. The molecule has 0 aromatic rings. The van der Waals surface area contributed by atoms with Crippen LogP contribution in [0.5, 0.6) is 0 Å². The van der Waals surface area contributed by atoms with Crippen LogP contribution in [-0.2, 0) is 0 Å². The monoisotopic (exact) mass is 202 g/mol. The molecule has 0 saturated carbocycles. The minimum Gasteiger partial charge on any atom is -0.352 e. The van der Waals surface area contributed by atoms with E-state index in [4.69, 9.17) is 18.0 Å². The van der Waals surface area contributed by atoms with Gasteiger partial charge in [-0.25, -0.2) is 0 Å². The summed E-state index contributed by atoms with van der Waals surface area (Å²) >= 11 is 5.07. The van der Waals surface area contributed by atoms with Crippen LogP contribution in [0.25, 0.3) is 0 Å². The van der Waals surface area contributed by atoms with E-state index >= 15 is 0 Å². The Balaban J connectivity index is 2.21. The number of hydrogen-bond donors (Lipinski definition) is 4. The lowest BCUT2D eigenvalue weighted by Gasteiger charge is -2.31. The maximum absolute atomic E-state index is 5.67. The number of nitrogens with two attached hydrogens (primary N) is 1. The summed E-state index contributed by atoms with van der Waals surface area (Å²) in [5, 5.41) is 9.50. The highest BCUT2D eigenvalue weighted by Gasteiger charge is 2.19. The van der Waals surface area contributed by atoms with Crippen molar-refractivity contribution in [2.24, 2.45) is 5.73 Å². The molecule has 1 saturated heterocycles. The van der Waals surface area contributed by atoms with Gasteiger partial charge in [-0.1, -0.05) is 25.6 Å². The summed E-state index contributed by atoms with van der Waals surface area (Å²) in [5.74, 6) is 0. The van der Waals surface area contributed by atoms with Crippen molar-refractivity contribution in [3.8, 4) is 0 Å². The van der Waals surface area contributed by atoms with Crippen molar-refractivity contribution in [1.82, 2.24) is 16.0 Å². The van der Waals surface area contributed by atoms with E-state index in [9.17, 15) is 0 Å². The van der Waals surface area contributed by atoms with E-state index in [1.807, 2.05) is 0 Å². The van der Waals surface area contributed by atoms with E-state index in [1.165, 1.54) is 12.8 Å². The third-order valence-electron chi connectivity index (χ3n) is 2.01. The van der Waals surface area contributed by atoms with Crippen LogP contribution in [0.2, 0.25) is 0 Å². The van der Waals surface area contributed by atoms with Gasteiger partial charge in [0.25, 0.3) is 0 Å². The second-order valence-corrected chi connectivity index (χ2v) is 3.77. The summed E-state index contributed by atoms with van der Waals surface area (Å²) in [6.07, 6.45) is 3.24. The van der Waals surface area contributed by atoms with E-state index in [-0.39, 0.29) is 12.5 Å². The zero-order chi connectivity index (χ0) is 9.68. The molecule has 2 atom stereocenters. The van der Waals surface area contributed by atoms with Crippen LogP contribution < -0.4 is 21.7 Å². The number of hydrogen-bond acceptors (Lipinski definition) is 4. The summed E-state index contributed by atoms with van der Waals surface area (Å²) < 4.78 is 0. The molecular weight excluding hydrogens is 184 g/mol. The summed E-state index contributed by atoms with van der Waals surface area (Å²) in [5.41, 5.74) is 5.67. The lowest BCUT2D eigenvalue weighted by molar-refractivity contribution is 0.340. The van der Waals surface area contributed by atoms with Crippen molar-refractivity contribution in [3.63, 3.8) is 0 Å². The first-order chi connectivity index (χ1) is 6.22. The lowest BCUT2D eigenvalue weighted by atomic mass is 10.2. The van der Waals surface area contributed by atoms with Crippen LogP contribution in [0, 0.1) is 0 Å². The van der Waals surface area contributed by atoms with Crippen LogP contribution in [0.3, 0.4) is 0 Å². The second-order valence-electron chi connectivity index (χ2n) is 3.28. The average Bonchev–Trinajstić information content (AvgIpc) is 2.03. The summed E-state index contributed by atoms with van der Waals surface area (Å²) in [6, 6.07) is 0. The summed E-state index contributed by atoms with van der Waals surface area (Å²) in [7, 11) is 0. The fraction of sp³-hybridized carbons (Fsp3) is 0.875. The molecule has 0 amide bonds. The zero-order valence-electron chi connectivity index (χ0n) is 7.97. The molecule has 0 bridgehead atoms. The van der Waals surface area contributed by atoms with Gasteiger partial charge in [0.15, 0.2) is 0 Å². The molecular formula is C8H18N4S. The third-order valence-corrected chi connectivity index (χ3v) is 2.29. The molecule has 5 heteroatoms. The van der Waals surface area contributed by atoms with Crippen molar-refractivity contribution in [1.29, 1.82) is 0 Å². The summed E-state index contributed by atoms with van der Waals surface area (Å²) in [4.78, 5) is 0.834. The first kappa shape index (κ1) is 10.8. The van der Waals surface area contributed by atoms with Gasteiger partial charge >= 0.3 is 0 Å². The van der Waals surface area contributed by atoms with Crippen LogP contribution in [0.1, 0.15) is 26.2 Å². The predicted molar refractivity (Wildman–Crippen MR) is 58.2 cm³/mol. The van der Waals surface area contributed by atoms with E-state index in [0.29, 0.717) is 0 Å². The molecule has 1 aliphatic heterocycles. The van der Waals surface area contributed by atoms with E-state index in [0.717, 1.165) is 18.0 Å². The maximum atomic E-state index is 5.67. The molecule has 5 N–H and O–H groups in total. The Hall–Kier alpha value is -0.230. The molecule has 0 spiro atoms. The van der Waals surface area contributed by atoms with Gasteiger partial charge < -0.3 is 10.6 Å². The molecule has 2 unspecified atom stereocenters. The Bertz CT molecular complexity index is 174. The highest BCUT2D eigenvalue weighted by molar-refractivity contribution is 7.80. The maximum Gasteiger partial charge on any atom is 0.131 e. The van der Waals surface area contributed by atoms with Gasteiger partial charge in [-0.3, -0.25) is 11.1 Å². The van der Waals surface area contributed by atoms with E-state index < -0.39 is 0 Å². The molecule has 1 aliphatic rings. The van der Waals surface area contributed by atoms with Gasteiger partial charge in [-0.15, -0.1) is 0 Å². The van der Waals surface area contributed by atoms with Crippen molar-refractivity contribution in [2.75, 3.05) is 6.54 Å². The van der Waals surface area contributed by atoms with Gasteiger partial charge in [0.1, 0.15) is 6.29 Å². The van der Waals surface area contributed by atoms with E-state index in [2.05, 4.69) is 22.9 Å². The molecule has 0 aliphatic carbocycles. The Morgan fingerprint density at radius 2 is 2.46 bits per heavy atom. The lowest BCUT2D eigenvalue weighted by Crippen LogP contribution is -2.64. The number of rotatable bonds is 4. The molecule has 76 valence electrons. The predicted octanol–water partition coefficient (Wildman–Crippen LogP) is -0.145. The van der Waals surface area contributed by atoms with Crippen molar-refractivity contribution in [2.45, 2.75) is 38.6 Å². The second kappa shape index (κ2) is 5.49. The van der Waals surface area contributed by atoms with Crippen LogP contribution >= 0.6 is 12.2 Å². The molecule has 4 nitrogen and oxygen atoms in total. The minimum absolute atomic E-state index is 0.208. The van der Waals surface area contributed by atoms with Crippen molar-refractivity contribution < 1.29 is 0 Å². The van der Waals surface area contributed by atoms with Gasteiger partial charge in [0.05, 0.1) is 11.2 Å². The topological polar surface area (TPSA) is 62.1 Å². The first-order valence-electron chi connectivity index (χ1n) is 4.76. The molecule has 0 aromatic carbocycles. The standard InChI is InChI=1S/C8H18N4S/c1-2-3-4-10-6-5-7(13)12-8(9)11-6/h6,8,10-11H,2-5,9H2,1H3,(H,12,13). The Morgan fingerprint density at radius 1 is 1.69 bits per heavy atom. The molecule has 1 fully saturated rings. The van der Waals surface area contributed by atoms with Gasteiger partial charge in [0.2, 0.25) is 0 Å². The fourth-order valence-corrected chi connectivity index (χ4v) is 1.61. The Kier molecular flexibility index (Phi) is 4.58.